The highest BCUT2D eigenvalue weighted by atomic mass is 32.1. The summed E-state index contributed by atoms with van der Waals surface area (Å²) in [5.74, 6) is 1.37. The van der Waals surface area contributed by atoms with E-state index in [1.807, 2.05) is 0 Å². The maximum atomic E-state index is 2.84. The van der Waals surface area contributed by atoms with Gasteiger partial charge in [-0.3, -0.25) is 0 Å². The lowest BCUT2D eigenvalue weighted by molar-refractivity contribution is 0.188. The smallest absolute Gasteiger partial charge is 0.264 e. The Balaban J connectivity index is 1.12. The predicted octanol–water partition coefficient (Wildman–Crippen LogP) is 17.6. The van der Waals surface area contributed by atoms with Crippen LogP contribution in [0.5, 0.6) is 0 Å². The third-order valence-electron chi connectivity index (χ3n) is 22.6. The Morgan fingerprint density at radius 3 is 1.63 bits per heavy atom. The zero-order valence-corrected chi connectivity index (χ0v) is 48.3. The van der Waals surface area contributed by atoms with E-state index in [9.17, 15) is 0 Å². The molecule has 378 valence electrons. The number of nitrogens with zero attached hydrogens (tertiary/aromatic N) is 2. The highest BCUT2D eigenvalue weighted by Crippen LogP contribution is 2.61. The fourth-order valence-electron chi connectivity index (χ4n) is 17.3. The van der Waals surface area contributed by atoms with Gasteiger partial charge in [0.05, 0.1) is 5.69 Å². The van der Waals surface area contributed by atoms with Crippen molar-refractivity contribution in [2.45, 2.75) is 230 Å². The van der Waals surface area contributed by atoms with Crippen LogP contribution in [0, 0.1) is 5.92 Å². The molecule has 3 heterocycles. The molecule has 73 heavy (non-hydrogen) atoms. The molecule has 7 aliphatic carbocycles. The molecule has 0 radical (unpaired) electrons. The van der Waals surface area contributed by atoms with Crippen molar-refractivity contribution in [3.05, 3.63) is 123 Å². The van der Waals surface area contributed by atoms with E-state index in [-0.39, 0.29) is 50.0 Å². The van der Waals surface area contributed by atoms with Crippen LogP contribution in [0.1, 0.15) is 237 Å². The third kappa shape index (κ3) is 6.40. The normalized spacial score (nSPS) is 29.2. The summed E-state index contributed by atoms with van der Waals surface area (Å²) in [5, 5.41) is 1.47. The second-order valence-corrected chi connectivity index (χ2v) is 31.4. The minimum atomic E-state index is -0.0855. The van der Waals surface area contributed by atoms with Crippen LogP contribution in [0.15, 0.2) is 72.8 Å². The Kier molecular flexibility index (Phi) is 9.44. The molecule has 4 heteroatoms. The van der Waals surface area contributed by atoms with E-state index < -0.39 is 0 Å². The van der Waals surface area contributed by atoms with E-state index in [4.69, 9.17) is 0 Å². The van der Waals surface area contributed by atoms with Crippen molar-refractivity contribution in [3.8, 4) is 0 Å². The summed E-state index contributed by atoms with van der Waals surface area (Å²) in [4.78, 5) is 5.65. The van der Waals surface area contributed by atoms with Crippen LogP contribution in [0.25, 0.3) is 10.1 Å². The van der Waals surface area contributed by atoms with Gasteiger partial charge in [-0.15, -0.1) is 11.3 Å². The van der Waals surface area contributed by atoms with Crippen molar-refractivity contribution in [2.75, 3.05) is 9.80 Å². The van der Waals surface area contributed by atoms with Crippen LogP contribution in [-0.4, -0.2) is 6.71 Å². The van der Waals surface area contributed by atoms with Gasteiger partial charge in [0.25, 0.3) is 6.71 Å². The van der Waals surface area contributed by atoms with Crippen LogP contribution in [0.3, 0.4) is 0 Å². The van der Waals surface area contributed by atoms with Crippen molar-refractivity contribution in [3.63, 3.8) is 0 Å². The van der Waals surface area contributed by atoms with Gasteiger partial charge in [-0.05, 0) is 241 Å². The van der Waals surface area contributed by atoms with Crippen molar-refractivity contribution in [2.24, 2.45) is 5.92 Å². The molecule has 0 N–H and O–H groups in total. The quantitative estimate of drug-likeness (QED) is 0.159. The molecule has 0 spiro atoms. The molecule has 9 aliphatic rings. The molecule has 1 aromatic heterocycles. The topological polar surface area (TPSA) is 6.48 Å². The molecule has 15 rings (SSSR count). The van der Waals surface area contributed by atoms with Crippen LogP contribution < -0.4 is 25.5 Å². The van der Waals surface area contributed by atoms with E-state index in [0.717, 1.165) is 5.92 Å². The number of hydrogen-bond acceptors (Lipinski definition) is 3. The molecular weight excluding hydrogens is 900 g/mol. The highest BCUT2D eigenvalue weighted by molar-refractivity contribution is 7.33. The van der Waals surface area contributed by atoms with E-state index in [1.54, 1.807) is 27.0 Å². The Bertz CT molecular complexity index is 3400. The van der Waals surface area contributed by atoms with Crippen molar-refractivity contribution >= 4 is 78.0 Å². The summed E-state index contributed by atoms with van der Waals surface area (Å²) in [5.41, 5.74) is 26.4. The number of thiophene rings is 1. The fraction of sp³-hybridized carbons (Fsp3) is 0.536. The molecule has 2 aliphatic heterocycles. The number of benzene rings is 5. The molecule has 2 nitrogen and oxygen atoms in total. The van der Waals surface area contributed by atoms with Gasteiger partial charge in [-0.25, -0.2) is 0 Å². The van der Waals surface area contributed by atoms with E-state index in [0.29, 0.717) is 5.92 Å². The Labute approximate surface area is 444 Å². The van der Waals surface area contributed by atoms with Gasteiger partial charge in [-0.1, -0.05) is 128 Å². The predicted molar refractivity (Wildman–Crippen MR) is 316 cm³/mol. The average Bonchev–Trinajstić information content (AvgIpc) is 3.71. The van der Waals surface area contributed by atoms with E-state index >= 15 is 0 Å². The van der Waals surface area contributed by atoms with Crippen LogP contribution >= 0.6 is 11.3 Å². The first kappa shape index (κ1) is 47.2. The Morgan fingerprint density at radius 1 is 0.521 bits per heavy atom. The lowest BCUT2D eigenvalue weighted by atomic mass is 9.35. The van der Waals surface area contributed by atoms with Gasteiger partial charge >= 0.3 is 0 Å². The largest absolute Gasteiger partial charge is 0.311 e. The van der Waals surface area contributed by atoms with Crippen LogP contribution in [-0.2, 0) is 43.3 Å². The van der Waals surface area contributed by atoms with Gasteiger partial charge in [0.15, 0.2) is 0 Å². The number of fused-ring (bicyclic) bond motifs is 14. The van der Waals surface area contributed by atoms with Crippen LogP contribution in [0.4, 0.5) is 34.1 Å². The van der Waals surface area contributed by atoms with Crippen LogP contribution in [0.2, 0.25) is 0 Å². The molecule has 6 aromatic rings. The number of rotatable bonds is 2. The number of hydrogen-bond donors (Lipinski definition) is 0. The molecule has 3 atom stereocenters. The second kappa shape index (κ2) is 14.6. The molecule has 0 amide bonds. The summed E-state index contributed by atoms with van der Waals surface area (Å²) >= 11 is 2.15. The van der Waals surface area contributed by atoms with Gasteiger partial charge in [-0.2, -0.15) is 0 Å². The summed E-state index contributed by atoms with van der Waals surface area (Å²) in [6.07, 6.45) is 15.3. The highest BCUT2D eigenvalue weighted by Gasteiger charge is 2.53. The molecular formula is C69H83BN2S. The minimum Gasteiger partial charge on any atom is -0.311 e. The molecule has 2 fully saturated rings. The van der Waals surface area contributed by atoms with Gasteiger partial charge in [0.2, 0.25) is 0 Å². The monoisotopic (exact) mass is 983 g/mol. The summed E-state index contributed by atoms with van der Waals surface area (Å²) < 4.78 is 3.02. The molecule has 0 saturated heterocycles. The first-order chi connectivity index (χ1) is 34.2. The first-order valence-electron chi connectivity index (χ1n) is 29.1. The van der Waals surface area contributed by atoms with Gasteiger partial charge < -0.3 is 9.80 Å². The van der Waals surface area contributed by atoms with Crippen molar-refractivity contribution in [1.82, 2.24) is 0 Å². The summed E-state index contributed by atoms with van der Waals surface area (Å²) in [6, 6.07) is 31.9. The van der Waals surface area contributed by atoms with Gasteiger partial charge in [0.1, 0.15) is 0 Å². The van der Waals surface area contributed by atoms with E-state index in [1.165, 1.54) is 160 Å². The average molecular weight is 983 g/mol. The molecule has 4 bridgehead atoms. The third-order valence-corrected chi connectivity index (χ3v) is 23.9. The SMILES string of the molecule is CC1c2cc3sc4c(c3cc2C2(C)CCCC1C2)N(c1ccc2c(c1)C(C)(C)CCC2(C)C)c1cc(C(C)(C)C)cc2c1B4c1cc3c(cc1N2c1ccc2c(c1)C(C)(C)CCC2(C)C)C1(C)CCC3(C)CC1. The van der Waals surface area contributed by atoms with Crippen molar-refractivity contribution < 1.29 is 0 Å². The zero-order chi connectivity index (χ0) is 51.1. The lowest BCUT2D eigenvalue weighted by Gasteiger charge is -2.53. The maximum Gasteiger partial charge on any atom is 0.264 e. The zero-order valence-electron chi connectivity index (χ0n) is 47.4. The summed E-state index contributed by atoms with van der Waals surface area (Å²) in [6.45, 7) is 37.9. The lowest BCUT2D eigenvalue weighted by Crippen LogP contribution is -2.61. The maximum absolute atomic E-state index is 2.84. The van der Waals surface area contributed by atoms with Gasteiger partial charge in [0, 0.05) is 43.3 Å². The fourth-order valence-corrected chi connectivity index (χ4v) is 18.6. The van der Waals surface area contributed by atoms with Crippen molar-refractivity contribution in [1.29, 1.82) is 0 Å². The number of anilines is 6. The minimum absolute atomic E-state index is 0.0855. The first-order valence-corrected chi connectivity index (χ1v) is 29.9. The van der Waals surface area contributed by atoms with E-state index in [2.05, 4.69) is 198 Å². The Hall–Kier alpha value is -4.28. The second-order valence-electron chi connectivity index (χ2n) is 30.3. The molecule has 5 aromatic carbocycles. The molecule has 2 saturated carbocycles. The Morgan fingerprint density at radius 2 is 1.05 bits per heavy atom. The summed E-state index contributed by atoms with van der Waals surface area (Å²) in [7, 11) is 0. The molecule has 3 unspecified atom stereocenters. The standard InChI is InChI=1S/C69H83BN2S/c1-40-41-17-16-22-69(15,39-41)49-35-46-58(36-45(40)49)73-61-60(46)72(44-19-21-48-51(34-44)66(11,12)26-24-64(48,7)8)57-32-42(62(2,3)4)31-56-59(57)70(61)54-37-52-53(68(14)29-27-67(52,13)28-30-68)38-55(54)71(56)43-18-20-47-50(33-43)65(9,10)25-23-63(47,5)6/h18-21,31-38,40-41H,16-17,22-30,39H2,1-15H3.